The van der Waals surface area contributed by atoms with Crippen LogP contribution < -0.4 is 5.32 Å². The van der Waals surface area contributed by atoms with Gasteiger partial charge in [0.05, 0.1) is 18.8 Å². The highest BCUT2D eigenvalue weighted by molar-refractivity contribution is 5.45. The fourth-order valence-electron chi connectivity index (χ4n) is 2.05. The average molecular weight is 259 g/mol. The molecule has 0 radical (unpaired) electrons. The number of methoxy groups -OCH3 is 1. The summed E-state index contributed by atoms with van der Waals surface area (Å²) in [5.41, 5.74) is 3.49. The molecule has 1 aromatic carbocycles. The van der Waals surface area contributed by atoms with E-state index in [9.17, 15) is 0 Å². The second kappa shape index (κ2) is 6.95. The molecule has 0 amide bonds. The summed E-state index contributed by atoms with van der Waals surface area (Å²) in [6.07, 6.45) is 2.95. The van der Waals surface area contributed by atoms with E-state index < -0.39 is 0 Å². The van der Waals surface area contributed by atoms with Crippen molar-refractivity contribution in [2.45, 2.75) is 33.0 Å². The largest absolute Gasteiger partial charge is 0.380 e. The highest BCUT2D eigenvalue weighted by Gasteiger charge is 2.02. The van der Waals surface area contributed by atoms with Crippen molar-refractivity contribution >= 4 is 5.69 Å². The van der Waals surface area contributed by atoms with Crippen LogP contribution in [0.1, 0.15) is 24.6 Å². The van der Waals surface area contributed by atoms with Crippen LogP contribution in [0, 0.1) is 0 Å². The normalized spacial score (nSPS) is 10.6. The number of anilines is 1. The van der Waals surface area contributed by atoms with E-state index >= 15 is 0 Å². The number of ether oxygens (including phenoxy) is 1. The topological polar surface area (TPSA) is 39.1 Å². The minimum Gasteiger partial charge on any atom is -0.380 e. The van der Waals surface area contributed by atoms with Crippen LogP contribution in [-0.2, 0) is 24.4 Å². The third-order valence-electron chi connectivity index (χ3n) is 2.95. The maximum Gasteiger partial charge on any atom is 0.0713 e. The first-order chi connectivity index (χ1) is 9.33. The Morgan fingerprint density at radius 1 is 1.32 bits per heavy atom. The maximum atomic E-state index is 5.14. The Kier molecular flexibility index (Phi) is 4.98. The van der Waals surface area contributed by atoms with E-state index in [1.807, 2.05) is 16.9 Å². The summed E-state index contributed by atoms with van der Waals surface area (Å²) >= 11 is 0. The lowest BCUT2D eigenvalue weighted by molar-refractivity contribution is 0.185. The SMILES string of the molecule is CCCn1nccc1CNc1cccc(COC)c1. The summed E-state index contributed by atoms with van der Waals surface area (Å²) in [7, 11) is 1.71. The lowest BCUT2D eigenvalue weighted by atomic mass is 10.2. The highest BCUT2D eigenvalue weighted by Crippen LogP contribution is 2.13. The molecule has 0 aliphatic heterocycles. The van der Waals surface area contributed by atoms with Crippen molar-refractivity contribution in [1.29, 1.82) is 0 Å². The number of nitrogens with one attached hydrogen (secondary N) is 1. The maximum absolute atomic E-state index is 5.14. The van der Waals surface area contributed by atoms with Crippen molar-refractivity contribution in [3.05, 3.63) is 47.8 Å². The summed E-state index contributed by atoms with van der Waals surface area (Å²) in [5, 5.41) is 7.75. The Morgan fingerprint density at radius 3 is 3.00 bits per heavy atom. The number of nitrogens with zero attached hydrogens (tertiary/aromatic N) is 2. The van der Waals surface area contributed by atoms with Gasteiger partial charge in [-0.15, -0.1) is 0 Å². The molecule has 0 aliphatic carbocycles. The van der Waals surface area contributed by atoms with E-state index in [2.05, 4.69) is 41.6 Å². The van der Waals surface area contributed by atoms with Crippen LogP contribution in [0.3, 0.4) is 0 Å². The van der Waals surface area contributed by atoms with Gasteiger partial charge in [0.1, 0.15) is 0 Å². The van der Waals surface area contributed by atoms with E-state index in [0.29, 0.717) is 6.61 Å². The Morgan fingerprint density at radius 2 is 2.21 bits per heavy atom. The molecule has 0 saturated heterocycles. The fourth-order valence-corrected chi connectivity index (χ4v) is 2.05. The van der Waals surface area contributed by atoms with Crippen LogP contribution in [0.25, 0.3) is 0 Å². The number of hydrogen-bond acceptors (Lipinski definition) is 3. The predicted octanol–water partition coefficient (Wildman–Crippen LogP) is 3.05. The standard InChI is InChI=1S/C15H21N3O/c1-3-9-18-15(7-8-17-18)11-16-14-6-4-5-13(10-14)12-19-2/h4-8,10,16H,3,9,11-12H2,1-2H3. The molecule has 2 rings (SSSR count). The Bertz CT molecular complexity index is 508. The van der Waals surface area contributed by atoms with E-state index in [4.69, 9.17) is 4.74 Å². The van der Waals surface area contributed by atoms with Gasteiger partial charge in [-0.3, -0.25) is 4.68 Å². The Labute approximate surface area is 114 Å². The third-order valence-corrected chi connectivity index (χ3v) is 2.95. The van der Waals surface area contributed by atoms with Gasteiger partial charge in [0.15, 0.2) is 0 Å². The highest BCUT2D eigenvalue weighted by atomic mass is 16.5. The molecule has 102 valence electrons. The van der Waals surface area contributed by atoms with Crippen LogP contribution in [0.5, 0.6) is 0 Å². The molecule has 0 atom stereocenters. The van der Waals surface area contributed by atoms with E-state index in [1.165, 1.54) is 11.3 Å². The summed E-state index contributed by atoms with van der Waals surface area (Å²) in [5.74, 6) is 0. The van der Waals surface area contributed by atoms with E-state index in [0.717, 1.165) is 25.2 Å². The third kappa shape index (κ3) is 3.83. The molecule has 19 heavy (non-hydrogen) atoms. The molecule has 0 bridgehead atoms. The van der Waals surface area contributed by atoms with Gasteiger partial charge in [0, 0.05) is 25.5 Å². The molecule has 1 heterocycles. The quantitative estimate of drug-likeness (QED) is 0.830. The molecular formula is C15H21N3O. The van der Waals surface area contributed by atoms with Gasteiger partial charge in [-0.2, -0.15) is 5.10 Å². The first-order valence-corrected chi connectivity index (χ1v) is 6.66. The average Bonchev–Trinajstić information content (AvgIpc) is 2.85. The fraction of sp³-hybridized carbons (Fsp3) is 0.400. The second-order valence-corrected chi connectivity index (χ2v) is 4.53. The summed E-state index contributed by atoms with van der Waals surface area (Å²) < 4.78 is 7.19. The Balaban J connectivity index is 1.97. The van der Waals surface area contributed by atoms with Crippen LogP contribution in [-0.4, -0.2) is 16.9 Å². The number of benzene rings is 1. The summed E-state index contributed by atoms with van der Waals surface area (Å²) in [4.78, 5) is 0. The van der Waals surface area contributed by atoms with Gasteiger partial charge in [0.2, 0.25) is 0 Å². The zero-order valence-electron chi connectivity index (χ0n) is 11.6. The van der Waals surface area contributed by atoms with E-state index in [1.54, 1.807) is 7.11 Å². The first kappa shape index (κ1) is 13.6. The van der Waals surface area contributed by atoms with Crippen LogP contribution >= 0.6 is 0 Å². The van der Waals surface area contributed by atoms with Crippen molar-refractivity contribution in [2.24, 2.45) is 0 Å². The van der Waals surface area contributed by atoms with Crippen molar-refractivity contribution in [2.75, 3.05) is 12.4 Å². The number of aryl methyl sites for hydroxylation is 1. The lowest BCUT2D eigenvalue weighted by Gasteiger charge is -2.10. The molecule has 0 unspecified atom stereocenters. The van der Waals surface area contributed by atoms with Crippen molar-refractivity contribution in [1.82, 2.24) is 9.78 Å². The molecule has 1 aromatic heterocycles. The van der Waals surface area contributed by atoms with Crippen LogP contribution in [0.2, 0.25) is 0 Å². The molecule has 0 fully saturated rings. The van der Waals surface area contributed by atoms with Crippen molar-refractivity contribution < 1.29 is 4.74 Å². The van der Waals surface area contributed by atoms with Crippen LogP contribution in [0.15, 0.2) is 36.5 Å². The molecule has 2 aromatic rings. The zero-order chi connectivity index (χ0) is 13.5. The Hall–Kier alpha value is -1.81. The molecule has 1 N–H and O–H groups in total. The summed E-state index contributed by atoms with van der Waals surface area (Å²) in [6, 6.07) is 10.3. The summed E-state index contributed by atoms with van der Waals surface area (Å²) in [6.45, 7) is 4.56. The number of aromatic nitrogens is 2. The van der Waals surface area contributed by atoms with Gasteiger partial charge in [-0.05, 0) is 30.2 Å². The minimum atomic E-state index is 0.642. The molecule has 0 spiro atoms. The van der Waals surface area contributed by atoms with Crippen molar-refractivity contribution in [3.8, 4) is 0 Å². The number of hydrogen-bond donors (Lipinski definition) is 1. The van der Waals surface area contributed by atoms with E-state index in [-0.39, 0.29) is 0 Å². The van der Waals surface area contributed by atoms with Gasteiger partial charge in [0.25, 0.3) is 0 Å². The van der Waals surface area contributed by atoms with Gasteiger partial charge in [-0.25, -0.2) is 0 Å². The van der Waals surface area contributed by atoms with Crippen LogP contribution in [0.4, 0.5) is 5.69 Å². The van der Waals surface area contributed by atoms with Gasteiger partial charge in [-0.1, -0.05) is 19.1 Å². The molecule has 0 saturated carbocycles. The predicted molar refractivity (Wildman–Crippen MR) is 77.0 cm³/mol. The first-order valence-electron chi connectivity index (χ1n) is 6.66. The smallest absolute Gasteiger partial charge is 0.0713 e. The molecule has 4 nitrogen and oxygen atoms in total. The van der Waals surface area contributed by atoms with Gasteiger partial charge < -0.3 is 10.1 Å². The molecular weight excluding hydrogens is 238 g/mol. The molecule has 4 heteroatoms. The number of rotatable bonds is 7. The second-order valence-electron chi connectivity index (χ2n) is 4.53. The van der Waals surface area contributed by atoms with Gasteiger partial charge >= 0.3 is 0 Å². The lowest BCUT2D eigenvalue weighted by Crippen LogP contribution is -2.09. The zero-order valence-corrected chi connectivity index (χ0v) is 11.6. The minimum absolute atomic E-state index is 0.642. The monoisotopic (exact) mass is 259 g/mol. The van der Waals surface area contributed by atoms with Crippen molar-refractivity contribution in [3.63, 3.8) is 0 Å². The molecule has 0 aliphatic rings.